The van der Waals surface area contributed by atoms with E-state index >= 15 is 0 Å². The Bertz CT molecular complexity index is 1010. The third-order valence-corrected chi connectivity index (χ3v) is 4.35. The summed E-state index contributed by atoms with van der Waals surface area (Å²) in [7, 11) is 0. The van der Waals surface area contributed by atoms with Gasteiger partial charge in [-0.25, -0.2) is 9.37 Å². The molecular weight excluding hydrogens is 341 g/mol. The Morgan fingerprint density at radius 2 is 2.00 bits per heavy atom. The number of furan rings is 1. The van der Waals surface area contributed by atoms with Crippen LogP contribution >= 0.6 is 11.6 Å². The van der Waals surface area contributed by atoms with Gasteiger partial charge in [0.05, 0.1) is 30.4 Å². The van der Waals surface area contributed by atoms with Gasteiger partial charge in [0.2, 0.25) is 5.95 Å². The molecule has 0 amide bonds. The summed E-state index contributed by atoms with van der Waals surface area (Å²) < 4.78 is 20.7. The van der Waals surface area contributed by atoms with Gasteiger partial charge in [0.15, 0.2) is 0 Å². The second kappa shape index (κ2) is 6.61. The molecule has 0 spiro atoms. The minimum absolute atomic E-state index is 0.347. The molecule has 2 aromatic heterocycles. The smallest absolute Gasteiger partial charge is 0.204 e. The van der Waals surface area contributed by atoms with Crippen LogP contribution in [0.1, 0.15) is 11.3 Å². The maximum atomic E-state index is 13.3. The Balaban J connectivity index is 1.71. The lowest BCUT2D eigenvalue weighted by molar-refractivity contribution is 0.517. The van der Waals surface area contributed by atoms with Crippen molar-refractivity contribution in [1.82, 2.24) is 9.55 Å². The fourth-order valence-corrected chi connectivity index (χ4v) is 3.00. The summed E-state index contributed by atoms with van der Waals surface area (Å²) in [6.07, 6.45) is 1.64. The first-order valence-corrected chi connectivity index (χ1v) is 8.24. The van der Waals surface area contributed by atoms with Crippen LogP contribution in [-0.2, 0) is 13.1 Å². The number of hydrogen-bond donors (Lipinski definition) is 1. The summed E-state index contributed by atoms with van der Waals surface area (Å²) >= 11 is 6.20. The van der Waals surface area contributed by atoms with Crippen LogP contribution in [0.25, 0.3) is 11.0 Å². The minimum Gasteiger partial charge on any atom is -0.467 e. The van der Waals surface area contributed by atoms with Crippen LogP contribution < -0.4 is 5.32 Å². The molecule has 0 aliphatic carbocycles. The molecule has 0 bridgehead atoms. The van der Waals surface area contributed by atoms with E-state index in [0.717, 1.165) is 22.4 Å². The predicted octanol–water partition coefficient (Wildman–Crippen LogP) is 5.08. The molecule has 0 aliphatic heterocycles. The van der Waals surface area contributed by atoms with Crippen molar-refractivity contribution in [3.05, 3.63) is 83.0 Å². The van der Waals surface area contributed by atoms with E-state index in [4.69, 9.17) is 16.0 Å². The lowest BCUT2D eigenvalue weighted by Crippen LogP contribution is -2.08. The van der Waals surface area contributed by atoms with Gasteiger partial charge in [0, 0.05) is 5.02 Å². The molecule has 4 nitrogen and oxygen atoms in total. The number of nitrogens with zero attached hydrogens (tertiary/aromatic N) is 2. The second-order valence-corrected chi connectivity index (χ2v) is 6.09. The van der Waals surface area contributed by atoms with E-state index in [2.05, 4.69) is 10.3 Å². The highest BCUT2D eigenvalue weighted by Gasteiger charge is 2.13. The molecular formula is C19H15ClFN3O. The van der Waals surface area contributed by atoms with E-state index in [1.807, 2.05) is 41.0 Å². The standard InChI is InChI=1S/C19H15ClFN3O/c20-16-10-14(21)8-7-13(16)12-24-18-6-2-1-5-17(18)23-19(24)22-11-15-4-3-9-25-15/h1-10H,11-12H2,(H,22,23). The zero-order valence-corrected chi connectivity index (χ0v) is 14.0. The summed E-state index contributed by atoms with van der Waals surface area (Å²) in [5, 5.41) is 3.70. The molecule has 4 aromatic rings. The Kier molecular flexibility index (Phi) is 4.15. The number of hydrogen-bond acceptors (Lipinski definition) is 3. The Labute approximate surface area is 148 Å². The molecule has 4 rings (SSSR count). The van der Waals surface area contributed by atoms with Crippen molar-refractivity contribution in [1.29, 1.82) is 0 Å². The summed E-state index contributed by atoms with van der Waals surface area (Å²) in [5.74, 6) is 1.18. The number of fused-ring (bicyclic) bond motifs is 1. The third kappa shape index (κ3) is 3.23. The average molecular weight is 356 g/mol. The summed E-state index contributed by atoms with van der Waals surface area (Å²) in [6, 6.07) is 16.0. The van der Waals surface area contributed by atoms with Crippen LogP contribution in [0.15, 0.2) is 65.3 Å². The van der Waals surface area contributed by atoms with E-state index < -0.39 is 0 Å². The summed E-state index contributed by atoms with van der Waals surface area (Å²) in [4.78, 5) is 4.65. The molecule has 0 radical (unpaired) electrons. The zero-order chi connectivity index (χ0) is 17.2. The molecule has 0 atom stereocenters. The monoisotopic (exact) mass is 355 g/mol. The first-order valence-electron chi connectivity index (χ1n) is 7.86. The van der Waals surface area contributed by atoms with Gasteiger partial charge >= 0.3 is 0 Å². The van der Waals surface area contributed by atoms with Crippen molar-refractivity contribution in [2.45, 2.75) is 13.1 Å². The zero-order valence-electron chi connectivity index (χ0n) is 13.2. The van der Waals surface area contributed by atoms with Crippen LogP contribution in [0.4, 0.5) is 10.3 Å². The van der Waals surface area contributed by atoms with E-state index in [1.165, 1.54) is 12.1 Å². The van der Waals surface area contributed by atoms with Gasteiger partial charge in [-0.05, 0) is 42.0 Å². The van der Waals surface area contributed by atoms with Crippen molar-refractivity contribution in [3.8, 4) is 0 Å². The van der Waals surface area contributed by atoms with Gasteiger partial charge in [0.1, 0.15) is 11.6 Å². The molecule has 0 aliphatic rings. The number of rotatable bonds is 5. The minimum atomic E-state index is -0.347. The van der Waals surface area contributed by atoms with Gasteiger partial charge in [-0.3, -0.25) is 0 Å². The fourth-order valence-electron chi connectivity index (χ4n) is 2.77. The molecule has 6 heteroatoms. The largest absolute Gasteiger partial charge is 0.467 e. The van der Waals surface area contributed by atoms with Crippen molar-refractivity contribution < 1.29 is 8.81 Å². The van der Waals surface area contributed by atoms with Gasteiger partial charge in [-0.1, -0.05) is 29.8 Å². The van der Waals surface area contributed by atoms with Crippen LogP contribution in [0.3, 0.4) is 0 Å². The number of aromatic nitrogens is 2. The van der Waals surface area contributed by atoms with Gasteiger partial charge < -0.3 is 14.3 Å². The van der Waals surface area contributed by atoms with E-state index in [1.54, 1.807) is 12.3 Å². The number of imidazole rings is 1. The van der Waals surface area contributed by atoms with Crippen molar-refractivity contribution in [2.24, 2.45) is 0 Å². The predicted molar refractivity (Wildman–Crippen MR) is 96.3 cm³/mol. The van der Waals surface area contributed by atoms with Crippen molar-refractivity contribution >= 4 is 28.6 Å². The van der Waals surface area contributed by atoms with Crippen LogP contribution in [0, 0.1) is 5.82 Å². The summed E-state index contributed by atoms with van der Waals surface area (Å²) in [5.41, 5.74) is 2.68. The van der Waals surface area contributed by atoms with Crippen LogP contribution in [0.2, 0.25) is 5.02 Å². The fraction of sp³-hybridized carbons (Fsp3) is 0.105. The maximum absolute atomic E-state index is 13.3. The first kappa shape index (κ1) is 15.7. The molecule has 25 heavy (non-hydrogen) atoms. The average Bonchev–Trinajstić information content (AvgIpc) is 3.23. The Morgan fingerprint density at radius 1 is 1.12 bits per heavy atom. The number of anilines is 1. The van der Waals surface area contributed by atoms with E-state index in [-0.39, 0.29) is 5.82 Å². The molecule has 0 saturated carbocycles. The molecule has 126 valence electrons. The van der Waals surface area contributed by atoms with Gasteiger partial charge in [-0.15, -0.1) is 0 Å². The van der Waals surface area contributed by atoms with Crippen molar-refractivity contribution in [3.63, 3.8) is 0 Å². The third-order valence-electron chi connectivity index (χ3n) is 4.00. The molecule has 2 aromatic carbocycles. The SMILES string of the molecule is Fc1ccc(Cn2c(NCc3ccco3)nc3ccccc32)c(Cl)c1. The van der Waals surface area contributed by atoms with Crippen LogP contribution in [0.5, 0.6) is 0 Å². The molecule has 0 unspecified atom stereocenters. The summed E-state index contributed by atoms with van der Waals surface area (Å²) in [6.45, 7) is 1.01. The van der Waals surface area contributed by atoms with Gasteiger partial charge in [-0.2, -0.15) is 0 Å². The van der Waals surface area contributed by atoms with E-state index in [9.17, 15) is 4.39 Å². The number of para-hydroxylation sites is 2. The maximum Gasteiger partial charge on any atom is 0.204 e. The molecule has 0 saturated heterocycles. The first-order chi connectivity index (χ1) is 12.2. The number of nitrogens with one attached hydrogen (secondary N) is 1. The number of benzene rings is 2. The highest BCUT2D eigenvalue weighted by atomic mass is 35.5. The van der Waals surface area contributed by atoms with Crippen LogP contribution in [-0.4, -0.2) is 9.55 Å². The van der Waals surface area contributed by atoms with E-state index in [0.29, 0.717) is 24.1 Å². The quantitative estimate of drug-likeness (QED) is 0.542. The lowest BCUT2D eigenvalue weighted by Gasteiger charge is -2.11. The highest BCUT2D eigenvalue weighted by Crippen LogP contribution is 2.25. The Morgan fingerprint density at radius 3 is 2.80 bits per heavy atom. The molecule has 0 fully saturated rings. The van der Waals surface area contributed by atoms with Crippen molar-refractivity contribution in [2.75, 3.05) is 5.32 Å². The normalized spacial score (nSPS) is 11.1. The number of halogens is 2. The lowest BCUT2D eigenvalue weighted by atomic mass is 10.2. The topological polar surface area (TPSA) is 43.0 Å². The highest BCUT2D eigenvalue weighted by molar-refractivity contribution is 6.31. The Hall–Kier alpha value is -2.79. The second-order valence-electron chi connectivity index (χ2n) is 5.68. The molecule has 1 N–H and O–H groups in total. The molecule has 2 heterocycles. The van der Waals surface area contributed by atoms with Gasteiger partial charge in [0.25, 0.3) is 0 Å².